The number of hydrogen-bond donors (Lipinski definition) is 2. The van der Waals surface area contributed by atoms with Gasteiger partial charge in [0.05, 0.1) is 0 Å². The molecule has 0 bridgehead atoms. The Bertz CT molecular complexity index is 670. The summed E-state index contributed by atoms with van der Waals surface area (Å²) in [5, 5.41) is 8.60. The fourth-order valence-corrected chi connectivity index (χ4v) is 3.24. The van der Waals surface area contributed by atoms with Crippen molar-refractivity contribution in [2.24, 2.45) is 5.41 Å². The highest BCUT2D eigenvalue weighted by Gasteiger charge is 2.22. The van der Waals surface area contributed by atoms with E-state index in [1.165, 1.54) is 10.4 Å². The van der Waals surface area contributed by atoms with E-state index in [1.807, 2.05) is 46.0 Å². The van der Waals surface area contributed by atoms with Crippen molar-refractivity contribution in [3.8, 4) is 0 Å². The minimum absolute atomic E-state index is 0.0395. The van der Waals surface area contributed by atoms with E-state index in [0.29, 0.717) is 0 Å². The minimum atomic E-state index is -0.403. The number of nitrogens with one attached hydrogen (secondary N) is 2. The van der Waals surface area contributed by atoms with E-state index in [-0.39, 0.29) is 11.9 Å². The zero-order chi connectivity index (χ0) is 17.0. The van der Waals surface area contributed by atoms with Crippen molar-refractivity contribution < 1.29 is 4.79 Å². The second-order valence-corrected chi connectivity index (χ2v) is 7.96. The summed E-state index contributed by atoms with van der Waals surface area (Å²) in [5.41, 5.74) is 2.98. The molecule has 2 rings (SSSR count). The van der Waals surface area contributed by atoms with Crippen LogP contribution in [-0.4, -0.2) is 13.0 Å². The van der Waals surface area contributed by atoms with Crippen LogP contribution in [0.15, 0.2) is 35.7 Å². The van der Waals surface area contributed by atoms with Crippen molar-refractivity contribution in [1.29, 1.82) is 0 Å². The summed E-state index contributed by atoms with van der Waals surface area (Å²) < 4.78 is 0. The van der Waals surface area contributed by atoms with Gasteiger partial charge in [-0.1, -0.05) is 39.0 Å². The number of hydrogen-bond acceptors (Lipinski definition) is 3. The third-order valence-corrected chi connectivity index (χ3v) is 4.86. The molecule has 1 heterocycles. The monoisotopic (exact) mass is 330 g/mol. The van der Waals surface area contributed by atoms with E-state index in [0.717, 1.165) is 17.7 Å². The van der Waals surface area contributed by atoms with Crippen molar-refractivity contribution in [1.82, 2.24) is 5.32 Å². The molecular formula is C19H26N2OS. The Morgan fingerprint density at radius 1 is 1.22 bits per heavy atom. The lowest BCUT2D eigenvalue weighted by Crippen LogP contribution is -2.28. The van der Waals surface area contributed by atoms with Gasteiger partial charge in [-0.15, -0.1) is 11.3 Å². The van der Waals surface area contributed by atoms with Gasteiger partial charge in [0.1, 0.15) is 0 Å². The number of likely N-dealkylation sites (N-methyl/N-ethyl adjacent to an activating group) is 1. The summed E-state index contributed by atoms with van der Waals surface area (Å²) in [6.45, 7) is 7.93. The fraction of sp³-hybridized carbons (Fsp3) is 0.421. The molecule has 1 unspecified atom stereocenters. The van der Waals surface area contributed by atoms with Gasteiger partial charge in [0.15, 0.2) is 0 Å². The van der Waals surface area contributed by atoms with Crippen LogP contribution in [-0.2, 0) is 11.2 Å². The largest absolute Gasteiger partial charge is 0.325 e. The predicted molar refractivity (Wildman–Crippen MR) is 99.1 cm³/mol. The molecule has 0 fully saturated rings. The molecule has 2 N–H and O–H groups in total. The van der Waals surface area contributed by atoms with Crippen LogP contribution in [0.1, 0.15) is 42.8 Å². The molecular weight excluding hydrogens is 304 g/mol. The van der Waals surface area contributed by atoms with E-state index in [4.69, 9.17) is 0 Å². The fourth-order valence-electron chi connectivity index (χ4n) is 2.47. The van der Waals surface area contributed by atoms with Crippen LogP contribution in [0.5, 0.6) is 0 Å². The quantitative estimate of drug-likeness (QED) is 0.845. The first kappa shape index (κ1) is 17.7. The molecule has 0 saturated carbocycles. The predicted octanol–water partition coefficient (Wildman–Crippen LogP) is 4.54. The zero-order valence-electron chi connectivity index (χ0n) is 14.6. The first-order valence-electron chi connectivity index (χ1n) is 7.93. The molecule has 3 nitrogen and oxygen atoms in total. The Morgan fingerprint density at radius 2 is 1.91 bits per heavy atom. The number of para-hydroxylation sites is 1. The zero-order valence-corrected chi connectivity index (χ0v) is 15.4. The van der Waals surface area contributed by atoms with E-state index in [1.54, 1.807) is 11.3 Å². The first-order chi connectivity index (χ1) is 10.8. The van der Waals surface area contributed by atoms with E-state index in [2.05, 4.69) is 35.1 Å². The molecule has 2 aromatic rings. The highest BCUT2D eigenvalue weighted by atomic mass is 32.1. The summed E-state index contributed by atoms with van der Waals surface area (Å²) in [5.74, 6) is 0.0395. The smallest absolute Gasteiger partial charge is 0.229 e. The molecule has 124 valence electrons. The number of aryl methyl sites for hydroxylation is 1. The van der Waals surface area contributed by atoms with Crippen LogP contribution < -0.4 is 10.6 Å². The number of anilines is 1. The molecule has 4 heteroatoms. The van der Waals surface area contributed by atoms with Crippen molar-refractivity contribution in [3.05, 3.63) is 51.7 Å². The lowest BCUT2D eigenvalue weighted by atomic mass is 9.94. The average Bonchev–Trinajstić information content (AvgIpc) is 2.91. The van der Waals surface area contributed by atoms with Gasteiger partial charge in [0.2, 0.25) is 5.91 Å². The van der Waals surface area contributed by atoms with Crippen LogP contribution in [0.2, 0.25) is 0 Å². The van der Waals surface area contributed by atoms with Gasteiger partial charge < -0.3 is 10.6 Å². The number of carbonyl (C=O) groups excluding carboxylic acids is 1. The normalized spacial score (nSPS) is 12.9. The molecule has 1 aromatic carbocycles. The first-order valence-corrected chi connectivity index (χ1v) is 8.81. The molecule has 0 saturated heterocycles. The van der Waals surface area contributed by atoms with Gasteiger partial charge in [-0.3, -0.25) is 4.79 Å². The molecule has 1 aromatic heterocycles. The van der Waals surface area contributed by atoms with Crippen molar-refractivity contribution in [3.63, 3.8) is 0 Å². The van der Waals surface area contributed by atoms with Crippen molar-refractivity contribution in [2.45, 2.75) is 40.2 Å². The second kappa shape index (κ2) is 7.28. The number of thiophene rings is 1. The summed E-state index contributed by atoms with van der Waals surface area (Å²) in [6.07, 6.45) is 0.842. The van der Waals surface area contributed by atoms with Crippen LogP contribution in [0, 0.1) is 12.3 Å². The van der Waals surface area contributed by atoms with Gasteiger partial charge >= 0.3 is 0 Å². The van der Waals surface area contributed by atoms with Gasteiger partial charge in [-0.05, 0) is 49.0 Å². The van der Waals surface area contributed by atoms with Crippen LogP contribution in [0.3, 0.4) is 0 Å². The van der Waals surface area contributed by atoms with Gasteiger partial charge in [-0.25, -0.2) is 0 Å². The van der Waals surface area contributed by atoms with Crippen LogP contribution in [0.25, 0.3) is 0 Å². The number of rotatable bonds is 5. The SMILES string of the molecule is CNC(Cc1ccccc1NC(=O)C(C)(C)C)c1ccsc1C. The Kier molecular flexibility index (Phi) is 5.60. The second-order valence-electron chi connectivity index (χ2n) is 6.84. The van der Waals surface area contributed by atoms with Crippen LogP contribution in [0.4, 0.5) is 5.69 Å². The van der Waals surface area contributed by atoms with E-state index < -0.39 is 5.41 Å². The minimum Gasteiger partial charge on any atom is -0.325 e. The van der Waals surface area contributed by atoms with Gasteiger partial charge in [0, 0.05) is 22.0 Å². The lowest BCUT2D eigenvalue weighted by Gasteiger charge is -2.22. The van der Waals surface area contributed by atoms with Crippen molar-refractivity contribution in [2.75, 3.05) is 12.4 Å². The molecule has 0 aliphatic heterocycles. The maximum atomic E-state index is 12.3. The summed E-state index contributed by atoms with van der Waals surface area (Å²) >= 11 is 1.77. The van der Waals surface area contributed by atoms with E-state index >= 15 is 0 Å². The number of amides is 1. The Morgan fingerprint density at radius 3 is 2.48 bits per heavy atom. The van der Waals surface area contributed by atoms with Gasteiger partial charge in [0.25, 0.3) is 0 Å². The van der Waals surface area contributed by atoms with Crippen LogP contribution >= 0.6 is 11.3 Å². The molecule has 1 atom stereocenters. The third kappa shape index (κ3) is 4.43. The Balaban J connectivity index is 2.23. The maximum Gasteiger partial charge on any atom is 0.229 e. The Hall–Kier alpha value is -1.65. The Labute approximate surface area is 143 Å². The molecule has 0 spiro atoms. The molecule has 0 aliphatic carbocycles. The molecule has 1 amide bonds. The highest BCUT2D eigenvalue weighted by molar-refractivity contribution is 7.10. The summed E-state index contributed by atoms with van der Waals surface area (Å²) in [7, 11) is 1.98. The standard InChI is InChI=1S/C19H26N2OS/c1-13-15(10-11-23-13)17(20-5)12-14-8-6-7-9-16(14)21-18(22)19(2,3)4/h6-11,17,20H,12H2,1-5H3,(H,21,22). The molecule has 0 aliphatic rings. The highest BCUT2D eigenvalue weighted by Crippen LogP contribution is 2.28. The average molecular weight is 330 g/mol. The summed E-state index contributed by atoms with van der Waals surface area (Å²) in [4.78, 5) is 13.6. The van der Waals surface area contributed by atoms with E-state index in [9.17, 15) is 4.79 Å². The van der Waals surface area contributed by atoms with Crippen molar-refractivity contribution >= 4 is 22.9 Å². The lowest BCUT2D eigenvalue weighted by molar-refractivity contribution is -0.123. The number of benzene rings is 1. The molecule has 23 heavy (non-hydrogen) atoms. The van der Waals surface area contributed by atoms with Gasteiger partial charge in [-0.2, -0.15) is 0 Å². The maximum absolute atomic E-state index is 12.3. The summed E-state index contributed by atoms with van der Waals surface area (Å²) in [6, 6.07) is 10.5. The third-order valence-electron chi connectivity index (χ3n) is 3.99. The number of carbonyl (C=O) groups is 1. The topological polar surface area (TPSA) is 41.1 Å². The molecule has 0 radical (unpaired) electrons.